The van der Waals surface area contributed by atoms with Gasteiger partial charge >= 0.3 is 0 Å². The highest BCUT2D eigenvalue weighted by Crippen LogP contribution is 2.12. The Morgan fingerprint density at radius 1 is 1.45 bits per heavy atom. The molecule has 0 fully saturated rings. The third kappa shape index (κ3) is 0.941. The third-order valence-corrected chi connectivity index (χ3v) is 1.61. The lowest BCUT2D eigenvalue weighted by Crippen LogP contribution is -2.15. The number of amides is 1. The van der Waals surface area contributed by atoms with Crippen LogP contribution in [0.5, 0.6) is 0 Å². The molecule has 1 heterocycles. The zero-order valence-corrected chi connectivity index (χ0v) is 5.82. The zero-order valence-electron chi connectivity index (χ0n) is 5.82. The molecular weight excluding hydrogens is 140 g/mol. The van der Waals surface area contributed by atoms with E-state index in [1.807, 2.05) is 18.2 Å². The Hall–Kier alpha value is -1.51. The molecule has 0 aromatic rings. The highest BCUT2D eigenvalue weighted by Gasteiger charge is 2.16. The summed E-state index contributed by atoms with van der Waals surface area (Å²) in [5.41, 5.74) is 1.37. The van der Waals surface area contributed by atoms with Crippen molar-refractivity contribution in [1.29, 1.82) is 0 Å². The lowest BCUT2D eigenvalue weighted by molar-refractivity contribution is -0.113. The Morgan fingerprint density at radius 3 is 3.18 bits per heavy atom. The fourth-order valence-corrected chi connectivity index (χ4v) is 1.08. The summed E-state index contributed by atoms with van der Waals surface area (Å²) in [6.07, 6.45) is 7.76. The Kier molecular flexibility index (Phi) is 1.28. The second-order valence-electron chi connectivity index (χ2n) is 2.32. The Bertz CT molecular complexity index is 321. The molecule has 0 spiro atoms. The van der Waals surface area contributed by atoms with Crippen molar-refractivity contribution in [2.45, 2.75) is 6.42 Å². The standard InChI is InChI=1S/C8H6N2O/c11-8-6-3-1-2-4-7(6)9-5-10-8/h2-5H,1H2. The molecule has 0 aromatic carbocycles. The minimum Gasteiger partial charge on any atom is -0.267 e. The van der Waals surface area contributed by atoms with Gasteiger partial charge in [-0.3, -0.25) is 4.79 Å². The van der Waals surface area contributed by atoms with Crippen LogP contribution in [0.3, 0.4) is 0 Å². The number of allylic oxidation sites excluding steroid dienone is 3. The van der Waals surface area contributed by atoms with E-state index in [4.69, 9.17) is 0 Å². The Labute approximate surface area is 63.9 Å². The predicted molar refractivity (Wildman–Crippen MR) is 42.8 cm³/mol. The molecule has 0 atom stereocenters. The van der Waals surface area contributed by atoms with Crippen LogP contribution in [0.15, 0.2) is 33.8 Å². The van der Waals surface area contributed by atoms with Gasteiger partial charge in [0.25, 0.3) is 5.91 Å². The second-order valence-corrected chi connectivity index (χ2v) is 2.32. The van der Waals surface area contributed by atoms with E-state index in [0.29, 0.717) is 5.57 Å². The van der Waals surface area contributed by atoms with Crippen LogP contribution in [-0.2, 0) is 4.79 Å². The van der Waals surface area contributed by atoms with Crippen molar-refractivity contribution < 1.29 is 4.79 Å². The molecule has 0 radical (unpaired) electrons. The molecule has 1 aliphatic carbocycles. The molecule has 0 saturated carbocycles. The average Bonchev–Trinajstić information content (AvgIpc) is 2.06. The summed E-state index contributed by atoms with van der Waals surface area (Å²) >= 11 is 0. The molecule has 1 aliphatic heterocycles. The van der Waals surface area contributed by atoms with Crippen LogP contribution in [0, 0.1) is 0 Å². The molecule has 0 aromatic heterocycles. The summed E-state index contributed by atoms with van der Waals surface area (Å²) in [4.78, 5) is 18.6. The number of aliphatic imine (C=N–C) groups is 2. The van der Waals surface area contributed by atoms with Crippen molar-refractivity contribution in [1.82, 2.24) is 0 Å². The Balaban J connectivity index is 2.48. The van der Waals surface area contributed by atoms with Gasteiger partial charge in [0.15, 0.2) is 0 Å². The van der Waals surface area contributed by atoms with E-state index < -0.39 is 0 Å². The summed E-state index contributed by atoms with van der Waals surface area (Å²) in [5.74, 6) is -0.181. The Morgan fingerprint density at radius 2 is 2.36 bits per heavy atom. The van der Waals surface area contributed by atoms with Gasteiger partial charge in [-0.2, -0.15) is 4.99 Å². The van der Waals surface area contributed by atoms with E-state index in [2.05, 4.69) is 9.98 Å². The highest BCUT2D eigenvalue weighted by molar-refractivity contribution is 6.30. The van der Waals surface area contributed by atoms with Crippen LogP contribution < -0.4 is 0 Å². The molecule has 0 unspecified atom stereocenters. The summed E-state index contributed by atoms with van der Waals surface area (Å²) in [5, 5.41) is 0. The molecule has 0 N–H and O–H groups in total. The van der Waals surface area contributed by atoms with E-state index in [1.165, 1.54) is 6.34 Å². The first-order valence-corrected chi connectivity index (χ1v) is 3.39. The minimum atomic E-state index is -0.181. The first kappa shape index (κ1) is 6.22. The third-order valence-electron chi connectivity index (χ3n) is 1.61. The van der Waals surface area contributed by atoms with E-state index in [-0.39, 0.29) is 5.91 Å². The van der Waals surface area contributed by atoms with Crippen LogP contribution >= 0.6 is 0 Å². The lowest BCUT2D eigenvalue weighted by Gasteiger charge is -2.08. The van der Waals surface area contributed by atoms with E-state index in [1.54, 1.807) is 0 Å². The van der Waals surface area contributed by atoms with E-state index in [0.717, 1.165) is 12.1 Å². The lowest BCUT2D eigenvalue weighted by atomic mass is 10.0. The smallest absolute Gasteiger partial charge is 0.267 e. The van der Waals surface area contributed by atoms with E-state index in [9.17, 15) is 4.79 Å². The molecule has 2 rings (SSSR count). The van der Waals surface area contributed by atoms with Crippen molar-refractivity contribution in [2.75, 3.05) is 0 Å². The molecule has 2 aliphatic rings. The molecule has 3 heteroatoms. The van der Waals surface area contributed by atoms with Crippen molar-refractivity contribution >= 4 is 18.0 Å². The molecule has 1 amide bonds. The molecular formula is C8H6N2O. The molecule has 0 saturated heterocycles. The van der Waals surface area contributed by atoms with Gasteiger partial charge in [-0.05, 0) is 12.5 Å². The fourth-order valence-electron chi connectivity index (χ4n) is 1.08. The normalized spacial score (nSPS) is 20.9. The first-order valence-electron chi connectivity index (χ1n) is 3.39. The van der Waals surface area contributed by atoms with Gasteiger partial charge in [-0.25, -0.2) is 4.99 Å². The molecule has 54 valence electrons. The minimum absolute atomic E-state index is 0.181. The SMILES string of the molecule is O=C1N=CN=C2C=CCC=C12. The van der Waals surface area contributed by atoms with Gasteiger partial charge in [0.1, 0.15) is 6.34 Å². The van der Waals surface area contributed by atoms with Crippen molar-refractivity contribution in [3.8, 4) is 0 Å². The molecule has 0 bridgehead atoms. The van der Waals surface area contributed by atoms with Crippen LogP contribution in [0.2, 0.25) is 0 Å². The number of rotatable bonds is 0. The van der Waals surface area contributed by atoms with Crippen molar-refractivity contribution in [3.05, 3.63) is 23.8 Å². The largest absolute Gasteiger partial charge is 0.280 e. The average molecular weight is 146 g/mol. The first-order chi connectivity index (χ1) is 5.38. The van der Waals surface area contributed by atoms with E-state index >= 15 is 0 Å². The van der Waals surface area contributed by atoms with Gasteiger partial charge < -0.3 is 0 Å². The predicted octanol–water partition coefficient (Wildman–Crippen LogP) is 0.882. The number of carbonyl (C=O) groups is 1. The number of fused-ring (bicyclic) bond motifs is 1. The van der Waals surface area contributed by atoms with Gasteiger partial charge in [-0.15, -0.1) is 0 Å². The van der Waals surface area contributed by atoms with Crippen LogP contribution in [-0.4, -0.2) is 18.0 Å². The maximum Gasteiger partial charge on any atom is 0.280 e. The van der Waals surface area contributed by atoms with Crippen molar-refractivity contribution in [2.24, 2.45) is 9.98 Å². The van der Waals surface area contributed by atoms with Gasteiger partial charge in [0.05, 0.1) is 11.3 Å². The topological polar surface area (TPSA) is 41.8 Å². The highest BCUT2D eigenvalue weighted by atomic mass is 16.1. The van der Waals surface area contributed by atoms with Crippen LogP contribution in [0.1, 0.15) is 6.42 Å². The molecule has 3 nitrogen and oxygen atoms in total. The van der Waals surface area contributed by atoms with Crippen LogP contribution in [0.4, 0.5) is 0 Å². The monoisotopic (exact) mass is 146 g/mol. The van der Waals surface area contributed by atoms with Gasteiger partial charge in [-0.1, -0.05) is 12.2 Å². The number of carbonyl (C=O) groups excluding carboxylic acids is 1. The van der Waals surface area contributed by atoms with Gasteiger partial charge in [0, 0.05) is 0 Å². The summed E-state index contributed by atoms with van der Waals surface area (Å²) < 4.78 is 0. The number of hydrogen-bond donors (Lipinski definition) is 0. The van der Waals surface area contributed by atoms with Crippen molar-refractivity contribution in [3.63, 3.8) is 0 Å². The fraction of sp³-hybridized carbons (Fsp3) is 0.125. The van der Waals surface area contributed by atoms with Crippen LogP contribution in [0.25, 0.3) is 0 Å². The summed E-state index contributed by atoms with van der Waals surface area (Å²) in [6.45, 7) is 0. The summed E-state index contributed by atoms with van der Waals surface area (Å²) in [7, 11) is 0. The molecule has 11 heavy (non-hydrogen) atoms. The maximum absolute atomic E-state index is 11.0. The zero-order chi connectivity index (χ0) is 7.68. The maximum atomic E-state index is 11.0. The number of nitrogens with zero attached hydrogens (tertiary/aromatic N) is 2. The van der Waals surface area contributed by atoms with Gasteiger partial charge in [0.2, 0.25) is 0 Å². The number of hydrogen-bond acceptors (Lipinski definition) is 2. The quantitative estimate of drug-likeness (QED) is 0.500. The second kappa shape index (κ2) is 2.27. The summed E-state index contributed by atoms with van der Waals surface area (Å²) in [6, 6.07) is 0.